The molecule has 0 radical (unpaired) electrons. The van der Waals surface area contributed by atoms with Crippen LogP contribution in [0.2, 0.25) is 0 Å². The molecule has 0 aliphatic carbocycles. The van der Waals surface area contributed by atoms with Gasteiger partial charge in [0.05, 0.1) is 11.1 Å². The molecule has 0 spiro atoms. The van der Waals surface area contributed by atoms with Gasteiger partial charge in [0.1, 0.15) is 11.6 Å². The minimum Gasteiger partial charge on any atom is -0.433 e. The van der Waals surface area contributed by atoms with E-state index in [1.54, 1.807) is 24.4 Å². The number of pyridine rings is 1. The molecule has 0 saturated heterocycles. The number of hydrogen-bond donors (Lipinski definition) is 3. The zero-order valence-corrected chi connectivity index (χ0v) is 13.8. The summed E-state index contributed by atoms with van der Waals surface area (Å²) in [4.78, 5) is 12.2. The van der Waals surface area contributed by atoms with Crippen LogP contribution in [0.3, 0.4) is 0 Å². The average Bonchev–Trinajstić information content (AvgIpc) is 2.54. The van der Waals surface area contributed by atoms with E-state index < -0.39 is 6.61 Å². The van der Waals surface area contributed by atoms with Crippen LogP contribution in [0.15, 0.2) is 30.5 Å². The maximum Gasteiger partial charge on any atom is 0.387 e. The highest BCUT2D eigenvalue weighted by atomic mass is 19.3. The minimum absolute atomic E-state index is 0. The lowest BCUT2D eigenvalue weighted by atomic mass is 10.1. The topological polar surface area (TPSA) is 143 Å². The van der Waals surface area contributed by atoms with Crippen molar-refractivity contribution < 1.29 is 19.0 Å². The molecule has 138 valence electrons. The van der Waals surface area contributed by atoms with Crippen LogP contribution in [0.1, 0.15) is 11.1 Å². The van der Waals surface area contributed by atoms with Gasteiger partial charge in [-0.3, -0.25) is 0 Å². The molecule has 1 aromatic carbocycles. The summed E-state index contributed by atoms with van der Waals surface area (Å²) in [7, 11) is 0. The number of hydrogen-bond acceptors (Lipinski definition) is 7. The van der Waals surface area contributed by atoms with E-state index in [9.17, 15) is 8.78 Å². The number of nitrogens with one attached hydrogen (secondary N) is 1. The number of anilines is 3. The Hall–Kier alpha value is -3.27. The number of ether oxygens (including phenoxy) is 1. The Morgan fingerprint density at radius 3 is 2.65 bits per heavy atom. The first-order valence-corrected chi connectivity index (χ1v) is 7.40. The number of nitrogen functional groups attached to an aromatic ring is 2. The second-order valence-electron chi connectivity index (χ2n) is 5.30. The summed E-state index contributed by atoms with van der Waals surface area (Å²) in [6.07, 6.45) is 1.63. The number of aryl methyl sites for hydroxylation is 1. The summed E-state index contributed by atoms with van der Waals surface area (Å²) in [6, 6.07) is 6.46. The van der Waals surface area contributed by atoms with Crippen molar-refractivity contribution in [1.29, 1.82) is 0 Å². The SMILES string of the molecule is Cc1c(CNc2ccccc2OC(F)F)cnc2nc(N)nc(N)c12.O. The maximum absolute atomic E-state index is 12.5. The average molecular weight is 364 g/mol. The predicted octanol–water partition coefficient (Wildman–Crippen LogP) is 1.89. The second kappa shape index (κ2) is 7.74. The number of rotatable bonds is 5. The van der Waals surface area contributed by atoms with Crippen molar-refractivity contribution in [2.75, 3.05) is 16.8 Å². The molecule has 0 aliphatic heterocycles. The lowest BCUT2D eigenvalue weighted by molar-refractivity contribution is -0.0493. The molecule has 0 saturated carbocycles. The standard InChI is InChI=1S/C16H16F2N6O.H2O/c1-8-9(7-22-14-12(8)13(19)23-16(20)24-14)6-21-10-4-2-3-5-11(10)25-15(17)18;/h2-5,7,15,21H,6H2,1H3,(H4,19,20,22,23,24);1H2. The number of halogens is 2. The second-order valence-corrected chi connectivity index (χ2v) is 5.30. The normalized spacial score (nSPS) is 10.6. The van der Waals surface area contributed by atoms with E-state index in [-0.39, 0.29) is 23.0 Å². The van der Waals surface area contributed by atoms with Gasteiger partial charge in [-0.1, -0.05) is 12.1 Å². The number of fused-ring (bicyclic) bond motifs is 1. The molecule has 0 bridgehead atoms. The Bertz CT molecular complexity index is 923. The van der Waals surface area contributed by atoms with Crippen LogP contribution in [0.5, 0.6) is 5.75 Å². The Balaban J connectivity index is 0.00000243. The highest BCUT2D eigenvalue weighted by Crippen LogP contribution is 2.28. The summed E-state index contributed by atoms with van der Waals surface area (Å²) < 4.78 is 29.5. The number of nitrogens with two attached hydrogens (primary N) is 2. The van der Waals surface area contributed by atoms with Crippen LogP contribution >= 0.6 is 0 Å². The van der Waals surface area contributed by atoms with Crippen LogP contribution in [0.25, 0.3) is 11.0 Å². The van der Waals surface area contributed by atoms with Gasteiger partial charge in [0, 0.05) is 12.7 Å². The maximum atomic E-state index is 12.5. The van der Waals surface area contributed by atoms with Gasteiger partial charge < -0.3 is 27.0 Å². The molecule has 26 heavy (non-hydrogen) atoms. The summed E-state index contributed by atoms with van der Waals surface area (Å²) in [6.45, 7) is -0.699. The van der Waals surface area contributed by atoms with E-state index >= 15 is 0 Å². The van der Waals surface area contributed by atoms with Gasteiger partial charge >= 0.3 is 6.61 Å². The fourth-order valence-electron chi connectivity index (χ4n) is 2.51. The van der Waals surface area contributed by atoms with Crippen LogP contribution in [-0.4, -0.2) is 27.0 Å². The Morgan fingerprint density at radius 1 is 1.19 bits per heavy atom. The summed E-state index contributed by atoms with van der Waals surface area (Å²) >= 11 is 0. The number of aromatic nitrogens is 3. The number of para-hydroxylation sites is 2. The number of benzene rings is 1. The lowest BCUT2D eigenvalue weighted by Gasteiger charge is -2.14. The van der Waals surface area contributed by atoms with Crippen molar-refractivity contribution in [2.24, 2.45) is 0 Å². The fraction of sp³-hybridized carbons (Fsp3) is 0.188. The van der Waals surface area contributed by atoms with Gasteiger partial charge in [0.25, 0.3) is 0 Å². The summed E-state index contributed by atoms with van der Waals surface area (Å²) in [5, 5.41) is 3.68. The number of alkyl halides is 2. The van der Waals surface area contributed by atoms with Gasteiger partial charge in [0.2, 0.25) is 5.95 Å². The zero-order valence-electron chi connectivity index (χ0n) is 13.8. The largest absolute Gasteiger partial charge is 0.433 e. The molecule has 0 atom stereocenters. The van der Waals surface area contributed by atoms with E-state index in [2.05, 4.69) is 25.0 Å². The smallest absolute Gasteiger partial charge is 0.387 e. The highest BCUT2D eigenvalue weighted by molar-refractivity contribution is 5.90. The predicted molar refractivity (Wildman–Crippen MR) is 94.9 cm³/mol. The van der Waals surface area contributed by atoms with Crippen LogP contribution in [-0.2, 0) is 6.54 Å². The van der Waals surface area contributed by atoms with Gasteiger partial charge in [0.15, 0.2) is 5.65 Å². The molecule has 0 unspecified atom stereocenters. The molecule has 0 aliphatic rings. The van der Waals surface area contributed by atoms with E-state index in [0.717, 1.165) is 11.1 Å². The van der Waals surface area contributed by atoms with E-state index in [1.807, 2.05) is 6.92 Å². The molecule has 0 amide bonds. The van der Waals surface area contributed by atoms with Gasteiger partial charge in [-0.15, -0.1) is 0 Å². The van der Waals surface area contributed by atoms with Gasteiger partial charge in [-0.2, -0.15) is 18.7 Å². The molecule has 8 nitrogen and oxygen atoms in total. The molecule has 2 aromatic heterocycles. The molecule has 3 rings (SSSR count). The molecule has 2 heterocycles. The van der Waals surface area contributed by atoms with Crippen molar-refractivity contribution in [3.63, 3.8) is 0 Å². The quantitative estimate of drug-likeness (QED) is 0.627. The third kappa shape index (κ3) is 3.86. The first-order chi connectivity index (χ1) is 12.0. The van der Waals surface area contributed by atoms with Crippen molar-refractivity contribution in [1.82, 2.24) is 15.0 Å². The van der Waals surface area contributed by atoms with Crippen LogP contribution in [0, 0.1) is 6.92 Å². The summed E-state index contributed by atoms with van der Waals surface area (Å²) in [5.41, 5.74) is 14.0. The summed E-state index contributed by atoms with van der Waals surface area (Å²) in [5.74, 6) is 0.371. The highest BCUT2D eigenvalue weighted by Gasteiger charge is 2.13. The Labute approximate surface area is 147 Å². The lowest BCUT2D eigenvalue weighted by Crippen LogP contribution is -2.09. The molecule has 10 heteroatoms. The van der Waals surface area contributed by atoms with E-state index in [4.69, 9.17) is 11.5 Å². The third-order valence-corrected chi connectivity index (χ3v) is 3.71. The Kier molecular flexibility index (Phi) is 5.68. The molecule has 7 N–H and O–H groups in total. The van der Waals surface area contributed by atoms with E-state index in [0.29, 0.717) is 23.3 Å². The van der Waals surface area contributed by atoms with Crippen molar-refractivity contribution in [3.05, 3.63) is 41.6 Å². The van der Waals surface area contributed by atoms with Crippen molar-refractivity contribution in [2.45, 2.75) is 20.1 Å². The number of nitrogens with zero attached hydrogens (tertiary/aromatic N) is 3. The Morgan fingerprint density at radius 2 is 1.92 bits per heavy atom. The molecular formula is C16H18F2N6O2. The first-order valence-electron chi connectivity index (χ1n) is 7.40. The minimum atomic E-state index is -2.89. The fourth-order valence-corrected chi connectivity index (χ4v) is 2.51. The van der Waals surface area contributed by atoms with Crippen LogP contribution < -0.4 is 21.5 Å². The third-order valence-electron chi connectivity index (χ3n) is 3.71. The zero-order chi connectivity index (χ0) is 18.0. The first kappa shape index (κ1) is 19.1. The molecule has 3 aromatic rings. The van der Waals surface area contributed by atoms with E-state index in [1.165, 1.54) is 6.07 Å². The molecule has 0 fully saturated rings. The van der Waals surface area contributed by atoms with Crippen molar-refractivity contribution >= 4 is 28.5 Å². The van der Waals surface area contributed by atoms with Crippen LogP contribution in [0.4, 0.5) is 26.2 Å². The van der Waals surface area contributed by atoms with Crippen molar-refractivity contribution in [3.8, 4) is 5.75 Å². The van der Waals surface area contributed by atoms with Gasteiger partial charge in [-0.05, 0) is 30.2 Å². The van der Waals surface area contributed by atoms with Gasteiger partial charge in [-0.25, -0.2) is 4.98 Å². The monoisotopic (exact) mass is 364 g/mol. The molecular weight excluding hydrogens is 346 g/mol.